The van der Waals surface area contributed by atoms with E-state index in [1.165, 1.54) is 51.6 Å². The van der Waals surface area contributed by atoms with Crippen LogP contribution in [0.5, 0.6) is 0 Å². The number of piperidine rings is 1. The second-order valence-electron chi connectivity index (χ2n) is 5.60. The molecule has 0 radical (unpaired) electrons. The Morgan fingerprint density at radius 1 is 1.13 bits per heavy atom. The Hall–Kier alpha value is -0.0800. The summed E-state index contributed by atoms with van der Waals surface area (Å²) in [5, 5.41) is 3.85. The normalized spacial score (nSPS) is 32.0. The van der Waals surface area contributed by atoms with Gasteiger partial charge in [0.25, 0.3) is 0 Å². The van der Waals surface area contributed by atoms with Gasteiger partial charge in [0.2, 0.25) is 0 Å². The van der Waals surface area contributed by atoms with Crippen molar-refractivity contribution >= 4 is 0 Å². The lowest BCUT2D eigenvalue weighted by molar-refractivity contribution is 0.205. The molecule has 0 aromatic heterocycles. The third-order valence-electron chi connectivity index (χ3n) is 4.23. The molecule has 1 N–H and O–H groups in total. The maximum atomic E-state index is 3.85. The van der Waals surface area contributed by atoms with Crippen molar-refractivity contribution in [3.63, 3.8) is 0 Å². The van der Waals surface area contributed by atoms with Crippen LogP contribution in [0.2, 0.25) is 0 Å². The first-order valence-corrected chi connectivity index (χ1v) is 6.70. The predicted molar refractivity (Wildman–Crippen MR) is 65.1 cm³/mol. The van der Waals surface area contributed by atoms with Crippen molar-refractivity contribution in [1.29, 1.82) is 0 Å². The molecular formula is C13H26N2. The molecular weight excluding hydrogens is 184 g/mol. The van der Waals surface area contributed by atoms with Crippen molar-refractivity contribution in [2.45, 2.75) is 57.5 Å². The van der Waals surface area contributed by atoms with Crippen LogP contribution in [-0.4, -0.2) is 37.1 Å². The van der Waals surface area contributed by atoms with Gasteiger partial charge in [-0.05, 0) is 52.1 Å². The number of nitrogens with one attached hydrogen (secondary N) is 1. The van der Waals surface area contributed by atoms with E-state index in [0.29, 0.717) is 0 Å². The lowest BCUT2D eigenvalue weighted by Gasteiger charge is -2.34. The van der Waals surface area contributed by atoms with Gasteiger partial charge < -0.3 is 10.2 Å². The summed E-state index contributed by atoms with van der Waals surface area (Å²) in [5.41, 5.74) is 0. The molecule has 0 aromatic carbocycles. The Morgan fingerprint density at radius 2 is 1.87 bits per heavy atom. The van der Waals surface area contributed by atoms with Gasteiger partial charge in [0.05, 0.1) is 0 Å². The Balaban J connectivity index is 1.74. The van der Waals surface area contributed by atoms with E-state index in [2.05, 4.69) is 24.2 Å². The molecule has 0 bridgehead atoms. The highest BCUT2D eigenvalue weighted by molar-refractivity contribution is 4.83. The van der Waals surface area contributed by atoms with Crippen LogP contribution in [0.3, 0.4) is 0 Å². The largest absolute Gasteiger partial charge is 0.310 e. The van der Waals surface area contributed by atoms with Gasteiger partial charge in [-0.3, -0.25) is 0 Å². The van der Waals surface area contributed by atoms with E-state index in [4.69, 9.17) is 0 Å². The summed E-state index contributed by atoms with van der Waals surface area (Å²) in [7, 11) is 2.24. The van der Waals surface area contributed by atoms with E-state index in [9.17, 15) is 0 Å². The minimum atomic E-state index is 0.740. The number of nitrogens with zero attached hydrogens (tertiary/aromatic N) is 1. The standard InChI is InChI=1S/C13H26N2/c1-11(12-6-3-4-7-12)14-13-8-5-9-15(2)10-13/h11-14H,3-10H2,1-2H3. The number of likely N-dealkylation sites (tertiary alicyclic amines) is 1. The summed E-state index contributed by atoms with van der Waals surface area (Å²) in [4.78, 5) is 2.46. The highest BCUT2D eigenvalue weighted by Crippen LogP contribution is 2.28. The second-order valence-corrected chi connectivity index (χ2v) is 5.60. The third-order valence-corrected chi connectivity index (χ3v) is 4.23. The molecule has 0 amide bonds. The highest BCUT2D eigenvalue weighted by atomic mass is 15.1. The summed E-state index contributed by atoms with van der Waals surface area (Å²) in [5.74, 6) is 0.956. The number of likely N-dealkylation sites (N-methyl/N-ethyl adjacent to an activating group) is 1. The number of hydrogen-bond donors (Lipinski definition) is 1. The zero-order valence-corrected chi connectivity index (χ0v) is 10.3. The van der Waals surface area contributed by atoms with Crippen LogP contribution in [0.1, 0.15) is 45.4 Å². The third kappa shape index (κ3) is 3.18. The van der Waals surface area contributed by atoms with Crippen molar-refractivity contribution < 1.29 is 0 Å². The fraction of sp³-hybridized carbons (Fsp3) is 1.00. The minimum absolute atomic E-state index is 0.740. The van der Waals surface area contributed by atoms with Crippen LogP contribution in [0.15, 0.2) is 0 Å². The van der Waals surface area contributed by atoms with Gasteiger partial charge >= 0.3 is 0 Å². The van der Waals surface area contributed by atoms with Crippen LogP contribution in [0.25, 0.3) is 0 Å². The van der Waals surface area contributed by atoms with E-state index >= 15 is 0 Å². The second kappa shape index (κ2) is 5.31. The number of rotatable bonds is 3. The first kappa shape index (κ1) is 11.4. The van der Waals surface area contributed by atoms with Gasteiger partial charge in [0, 0.05) is 18.6 Å². The molecule has 2 atom stereocenters. The van der Waals surface area contributed by atoms with Crippen LogP contribution < -0.4 is 5.32 Å². The van der Waals surface area contributed by atoms with Crippen molar-refractivity contribution in [3.8, 4) is 0 Å². The van der Waals surface area contributed by atoms with E-state index in [1.807, 2.05) is 0 Å². The van der Waals surface area contributed by atoms with Crippen molar-refractivity contribution in [2.75, 3.05) is 20.1 Å². The quantitative estimate of drug-likeness (QED) is 0.768. The minimum Gasteiger partial charge on any atom is -0.310 e. The molecule has 1 saturated carbocycles. The lowest BCUT2D eigenvalue weighted by atomic mass is 9.97. The van der Waals surface area contributed by atoms with E-state index in [0.717, 1.165) is 18.0 Å². The summed E-state index contributed by atoms with van der Waals surface area (Å²) in [6, 6.07) is 1.49. The van der Waals surface area contributed by atoms with E-state index < -0.39 is 0 Å². The first-order chi connectivity index (χ1) is 7.25. The smallest absolute Gasteiger partial charge is 0.0197 e. The molecule has 1 heterocycles. The molecule has 1 aliphatic carbocycles. The molecule has 15 heavy (non-hydrogen) atoms. The van der Waals surface area contributed by atoms with Crippen molar-refractivity contribution in [1.82, 2.24) is 10.2 Å². The summed E-state index contributed by atoms with van der Waals surface area (Å²) in [6.45, 7) is 4.93. The van der Waals surface area contributed by atoms with Gasteiger partial charge in [-0.1, -0.05) is 12.8 Å². The molecule has 1 aliphatic heterocycles. The van der Waals surface area contributed by atoms with E-state index in [-0.39, 0.29) is 0 Å². The van der Waals surface area contributed by atoms with Gasteiger partial charge in [0.1, 0.15) is 0 Å². The first-order valence-electron chi connectivity index (χ1n) is 6.70. The van der Waals surface area contributed by atoms with Gasteiger partial charge in [-0.2, -0.15) is 0 Å². The lowest BCUT2D eigenvalue weighted by Crippen LogP contribution is -2.48. The molecule has 2 heteroatoms. The molecule has 0 aromatic rings. The predicted octanol–water partition coefficient (Wildman–Crippen LogP) is 2.25. The zero-order valence-electron chi connectivity index (χ0n) is 10.3. The molecule has 2 nitrogen and oxygen atoms in total. The maximum Gasteiger partial charge on any atom is 0.0197 e. The Bertz CT molecular complexity index is 187. The highest BCUT2D eigenvalue weighted by Gasteiger charge is 2.25. The van der Waals surface area contributed by atoms with Gasteiger partial charge in [0.15, 0.2) is 0 Å². The Morgan fingerprint density at radius 3 is 2.53 bits per heavy atom. The van der Waals surface area contributed by atoms with Gasteiger partial charge in [-0.15, -0.1) is 0 Å². The van der Waals surface area contributed by atoms with Crippen LogP contribution in [0, 0.1) is 5.92 Å². The van der Waals surface area contributed by atoms with E-state index in [1.54, 1.807) is 0 Å². The van der Waals surface area contributed by atoms with Crippen LogP contribution >= 0.6 is 0 Å². The van der Waals surface area contributed by atoms with Crippen molar-refractivity contribution in [3.05, 3.63) is 0 Å². The Labute approximate surface area is 94.4 Å². The fourth-order valence-electron chi connectivity index (χ4n) is 3.27. The fourth-order valence-corrected chi connectivity index (χ4v) is 3.27. The summed E-state index contributed by atoms with van der Waals surface area (Å²) < 4.78 is 0. The van der Waals surface area contributed by atoms with Gasteiger partial charge in [-0.25, -0.2) is 0 Å². The van der Waals surface area contributed by atoms with Crippen molar-refractivity contribution in [2.24, 2.45) is 5.92 Å². The molecule has 2 unspecified atom stereocenters. The molecule has 2 aliphatic rings. The topological polar surface area (TPSA) is 15.3 Å². The SMILES string of the molecule is CC(NC1CCCN(C)C1)C1CCCC1. The monoisotopic (exact) mass is 210 g/mol. The molecule has 2 fully saturated rings. The molecule has 2 rings (SSSR count). The summed E-state index contributed by atoms with van der Waals surface area (Å²) in [6.07, 6.45) is 8.57. The average Bonchev–Trinajstić information content (AvgIpc) is 2.70. The van der Waals surface area contributed by atoms with Crippen LogP contribution in [0.4, 0.5) is 0 Å². The maximum absolute atomic E-state index is 3.85. The summed E-state index contributed by atoms with van der Waals surface area (Å²) >= 11 is 0. The molecule has 1 saturated heterocycles. The Kier molecular flexibility index (Phi) is 4.04. The zero-order chi connectivity index (χ0) is 10.7. The molecule has 0 spiro atoms. The average molecular weight is 210 g/mol. The van der Waals surface area contributed by atoms with Crippen LogP contribution in [-0.2, 0) is 0 Å². The number of hydrogen-bond acceptors (Lipinski definition) is 2. The molecule has 88 valence electrons.